The molecule has 0 fully saturated rings. The van der Waals surface area contributed by atoms with Gasteiger partial charge in [0.05, 0.1) is 6.61 Å². The summed E-state index contributed by atoms with van der Waals surface area (Å²) in [5.41, 5.74) is 0. The number of hydrogen-bond acceptors (Lipinski definition) is 5. The monoisotopic (exact) mass is 398 g/mol. The van der Waals surface area contributed by atoms with E-state index >= 15 is 0 Å². The second kappa shape index (κ2) is 8.18. The zero-order valence-electron chi connectivity index (χ0n) is 12.4. The van der Waals surface area contributed by atoms with Gasteiger partial charge in [-0.25, -0.2) is 4.57 Å². The van der Waals surface area contributed by atoms with Crippen LogP contribution in [0.5, 0.6) is 11.5 Å². The molecule has 0 spiro atoms. The highest BCUT2D eigenvalue weighted by Gasteiger charge is 2.44. The molecule has 2 aromatic carbocycles. The van der Waals surface area contributed by atoms with Gasteiger partial charge in [-0.1, -0.05) is 52.3 Å². The SMILES string of the molecule is CCOC(=O)C(Br)P(=O)(Oc1ccccc1)Oc1ccccc1. The molecule has 0 N–H and O–H groups in total. The molecule has 0 aliphatic heterocycles. The average Bonchev–Trinajstić information content (AvgIpc) is 2.56. The standard InChI is InChI=1S/C16H16BrO5P/c1-2-20-16(18)15(17)23(19,21-13-9-5-3-6-10-13)22-14-11-7-4-8-12-14/h3-12,15H,2H2,1H3. The Morgan fingerprint density at radius 2 is 1.43 bits per heavy atom. The summed E-state index contributed by atoms with van der Waals surface area (Å²) in [4.78, 5) is 12.0. The zero-order valence-corrected chi connectivity index (χ0v) is 14.9. The van der Waals surface area contributed by atoms with Crippen LogP contribution in [0.2, 0.25) is 0 Å². The van der Waals surface area contributed by atoms with E-state index in [0.29, 0.717) is 11.5 Å². The molecule has 1 atom stereocenters. The van der Waals surface area contributed by atoms with Gasteiger partial charge in [-0.3, -0.25) is 4.79 Å². The topological polar surface area (TPSA) is 61.8 Å². The molecule has 122 valence electrons. The first-order chi connectivity index (χ1) is 11.0. The van der Waals surface area contributed by atoms with Crippen LogP contribution in [0.4, 0.5) is 0 Å². The second-order valence-electron chi connectivity index (χ2n) is 4.44. The molecule has 5 nitrogen and oxygen atoms in total. The predicted octanol–water partition coefficient (Wildman–Crippen LogP) is 4.62. The van der Waals surface area contributed by atoms with Crippen LogP contribution in [0.1, 0.15) is 6.92 Å². The highest BCUT2D eigenvalue weighted by atomic mass is 79.9. The van der Waals surface area contributed by atoms with E-state index in [0.717, 1.165) is 0 Å². The van der Waals surface area contributed by atoms with Gasteiger partial charge < -0.3 is 13.8 Å². The third kappa shape index (κ3) is 4.85. The van der Waals surface area contributed by atoms with E-state index in [1.165, 1.54) is 0 Å². The maximum atomic E-state index is 13.2. The third-order valence-electron chi connectivity index (χ3n) is 2.71. The number of para-hydroxylation sites is 2. The molecule has 23 heavy (non-hydrogen) atoms. The molecular weight excluding hydrogens is 383 g/mol. The van der Waals surface area contributed by atoms with Crippen LogP contribution < -0.4 is 9.05 Å². The van der Waals surface area contributed by atoms with Crippen molar-refractivity contribution in [1.82, 2.24) is 0 Å². The highest BCUT2D eigenvalue weighted by molar-refractivity contribution is 9.11. The molecule has 0 radical (unpaired) electrons. The number of alkyl halides is 1. The van der Waals surface area contributed by atoms with Gasteiger partial charge in [0, 0.05) is 0 Å². The van der Waals surface area contributed by atoms with Gasteiger partial charge >= 0.3 is 13.6 Å². The largest absolute Gasteiger partial charge is 0.465 e. The lowest BCUT2D eigenvalue weighted by molar-refractivity contribution is -0.140. The summed E-state index contributed by atoms with van der Waals surface area (Å²) in [7, 11) is -3.90. The Morgan fingerprint density at radius 1 is 1.00 bits per heavy atom. The van der Waals surface area contributed by atoms with Crippen molar-refractivity contribution in [3.63, 3.8) is 0 Å². The molecule has 0 amide bonds. The number of halogens is 1. The average molecular weight is 399 g/mol. The normalized spacial score (nSPS) is 12.3. The number of carbonyl (C=O) groups excluding carboxylic acids is 1. The molecule has 2 rings (SSSR count). The summed E-state index contributed by atoms with van der Waals surface area (Å²) in [6.07, 6.45) is 0. The van der Waals surface area contributed by atoms with Gasteiger partial charge in [-0.2, -0.15) is 0 Å². The van der Waals surface area contributed by atoms with Crippen molar-refractivity contribution in [1.29, 1.82) is 0 Å². The molecular formula is C16H16BrO5P. The molecule has 0 aliphatic carbocycles. The van der Waals surface area contributed by atoms with Crippen molar-refractivity contribution >= 4 is 29.5 Å². The summed E-state index contributed by atoms with van der Waals surface area (Å²) in [5.74, 6) is -0.0382. The van der Waals surface area contributed by atoms with Crippen molar-refractivity contribution in [2.45, 2.75) is 11.5 Å². The van der Waals surface area contributed by atoms with Gasteiger partial charge in [-0.15, -0.1) is 0 Å². The van der Waals surface area contributed by atoms with Crippen LogP contribution in [0.3, 0.4) is 0 Å². The Bertz CT molecular complexity index is 632. The summed E-state index contributed by atoms with van der Waals surface area (Å²) in [6, 6.07) is 17.0. The molecule has 0 heterocycles. The van der Waals surface area contributed by atoms with Crippen molar-refractivity contribution in [3.05, 3.63) is 60.7 Å². The van der Waals surface area contributed by atoms with Crippen molar-refractivity contribution in [2.75, 3.05) is 6.61 Å². The Labute approximate surface area is 143 Å². The van der Waals surface area contributed by atoms with Crippen LogP contribution in [0.25, 0.3) is 0 Å². The zero-order chi connectivity index (χ0) is 16.7. The molecule has 0 aliphatic rings. The van der Waals surface area contributed by atoms with E-state index in [1.54, 1.807) is 67.6 Å². The van der Waals surface area contributed by atoms with E-state index in [2.05, 4.69) is 15.9 Å². The number of hydrogen-bond donors (Lipinski definition) is 0. The molecule has 0 aromatic heterocycles. The number of benzene rings is 2. The van der Waals surface area contributed by atoms with Crippen molar-refractivity contribution in [2.24, 2.45) is 0 Å². The van der Waals surface area contributed by atoms with Gasteiger partial charge in [0.1, 0.15) is 11.5 Å². The highest BCUT2D eigenvalue weighted by Crippen LogP contribution is 2.55. The first-order valence-electron chi connectivity index (χ1n) is 6.95. The van der Waals surface area contributed by atoms with E-state index in [-0.39, 0.29) is 6.61 Å². The van der Waals surface area contributed by atoms with E-state index in [1.807, 2.05) is 0 Å². The molecule has 7 heteroatoms. The van der Waals surface area contributed by atoms with Crippen LogP contribution in [-0.2, 0) is 14.1 Å². The lowest BCUT2D eigenvalue weighted by Gasteiger charge is -2.23. The molecule has 2 aromatic rings. The lowest BCUT2D eigenvalue weighted by Crippen LogP contribution is -2.22. The Kier molecular flexibility index (Phi) is 6.25. The predicted molar refractivity (Wildman–Crippen MR) is 91.1 cm³/mol. The molecule has 0 saturated carbocycles. The number of ether oxygens (including phenoxy) is 1. The summed E-state index contributed by atoms with van der Waals surface area (Å²) in [5, 5.41) is 0. The van der Waals surface area contributed by atoms with Crippen molar-refractivity contribution < 1.29 is 23.1 Å². The molecule has 0 bridgehead atoms. The summed E-state index contributed by atoms with van der Waals surface area (Å²) >= 11 is 3.09. The fourth-order valence-corrected chi connectivity index (χ4v) is 3.73. The number of rotatable bonds is 7. The first kappa shape index (κ1) is 17.6. The van der Waals surface area contributed by atoms with Crippen LogP contribution in [-0.4, -0.2) is 17.1 Å². The Balaban J connectivity index is 2.29. The third-order valence-corrected chi connectivity index (χ3v) is 6.29. The quantitative estimate of drug-likeness (QED) is 0.386. The number of esters is 1. The van der Waals surface area contributed by atoms with Gasteiger partial charge in [0.15, 0.2) is 0 Å². The smallest absolute Gasteiger partial charge is 0.455 e. The fourth-order valence-electron chi connectivity index (χ4n) is 1.71. The van der Waals surface area contributed by atoms with Gasteiger partial charge in [-0.05, 0) is 31.2 Å². The Hall–Kier alpha value is -1.78. The van der Waals surface area contributed by atoms with E-state index in [9.17, 15) is 9.36 Å². The van der Waals surface area contributed by atoms with Gasteiger partial charge in [0.2, 0.25) is 4.57 Å². The maximum Gasteiger partial charge on any atom is 0.455 e. The lowest BCUT2D eigenvalue weighted by atomic mass is 10.3. The fraction of sp³-hybridized carbons (Fsp3) is 0.188. The molecule has 0 saturated heterocycles. The minimum absolute atomic E-state index is 0.164. The maximum absolute atomic E-state index is 13.2. The minimum Gasteiger partial charge on any atom is -0.465 e. The molecule has 1 unspecified atom stereocenters. The minimum atomic E-state index is -3.90. The first-order valence-corrected chi connectivity index (χ1v) is 9.47. The number of carbonyl (C=O) groups is 1. The van der Waals surface area contributed by atoms with Crippen molar-refractivity contribution in [3.8, 4) is 11.5 Å². The summed E-state index contributed by atoms with van der Waals surface area (Å²) < 4.78 is 27.9. The van der Waals surface area contributed by atoms with E-state index in [4.69, 9.17) is 13.8 Å². The Morgan fingerprint density at radius 3 is 1.83 bits per heavy atom. The van der Waals surface area contributed by atoms with Gasteiger partial charge in [0.25, 0.3) is 0 Å². The second-order valence-corrected chi connectivity index (χ2v) is 8.02. The van der Waals surface area contributed by atoms with E-state index < -0.39 is 18.1 Å². The summed E-state index contributed by atoms with van der Waals surface area (Å²) in [6.45, 7) is 1.83. The van der Waals surface area contributed by atoms with Crippen LogP contribution in [0, 0.1) is 0 Å². The van der Waals surface area contributed by atoms with Crippen LogP contribution >= 0.6 is 23.5 Å². The van der Waals surface area contributed by atoms with Crippen LogP contribution in [0.15, 0.2) is 60.7 Å².